The Morgan fingerprint density at radius 3 is 2.15 bits per heavy atom. The molecule has 1 rings (SSSR count). The zero-order chi connectivity index (χ0) is 15.0. The molecule has 0 aliphatic rings. The van der Waals surface area contributed by atoms with Gasteiger partial charge in [0.15, 0.2) is 0 Å². The van der Waals surface area contributed by atoms with E-state index in [2.05, 4.69) is 5.32 Å². The molecule has 0 radical (unpaired) electrons. The number of benzene rings is 1. The second-order valence-electron chi connectivity index (χ2n) is 4.02. The quantitative estimate of drug-likeness (QED) is 0.655. The van der Waals surface area contributed by atoms with Crippen LogP contribution in [0.15, 0.2) is 24.3 Å². The highest BCUT2D eigenvalue weighted by Gasteiger charge is 2.14. The molecular formula is C13H17ClN2O4. The van der Waals surface area contributed by atoms with Crippen LogP contribution in [0.25, 0.3) is 0 Å². The molecule has 0 saturated carbocycles. The normalized spacial score (nSPS) is 10.2. The largest absolute Gasteiger partial charge is 0.395 e. The van der Waals surface area contributed by atoms with Crippen LogP contribution in [0.2, 0.25) is 5.02 Å². The van der Waals surface area contributed by atoms with Crippen LogP contribution in [0, 0.1) is 0 Å². The first kappa shape index (κ1) is 16.4. The number of aliphatic hydroxyl groups excluding tert-OH is 2. The monoisotopic (exact) mass is 300 g/mol. The number of carbonyl (C=O) groups excluding carboxylic acids is 2. The van der Waals surface area contributed by atoms with Crippen molar-refractivity contribution in [3.8, 4) is 0 Å². The Hall–Kier alpha value is -1.63. The molecule has 110 valence electrons. The van der Waals surface area contributed by atoms with Gasteiger partial charge in [0.1, 0.15) is 0 Å². The summed E-state index contributed by atoms with van der Waals surface area (Å²) in [5.74, 6) is -0.752. The number of rotatable bonds is 7. The molecule has 3 N–H and O–H groups in total. The number of carbonyl (C=O) groups is 2. The van der Waals surface area contributed by atoms with Crippen molar-refractivity contribution in [3.63, 3.8) is 0 Å². The van der Waals surface area contributed by atoms with E-state index in [1.165, 1.54) is 4.90 Å². The first-order chi connectivity index (χ1) is 9.58. The fourth-order valence-electron chi connectivity index (χ4n) is 1.57. The molecule has 0 bridgehead atoms. The minimum Gasteiger partial charge on any atom is -0.395 e. The van der Waals surface area contributed by atoms with Crippen molar-refractivity contribution in [1.29, 1.82) is 0 Å². The lowest BCUT2D eigenvalue weighted by Crippen LogP contribution is -2.42. The molecule has 20 heavy (non-hydrogen) atoms. The molecule has 1 aromatic rings. The lowest BCUT2D eigenvalue weighted by atomic mass is 10.2. The molecule has 7 heteroatoms. The third kappa shape index (κ3) is 5.16. The van der Waals surface area contributed by atoms with Gasteiger partial charge in [-0.3, -0.25) is 9.59 Å². The van der Waals surface area contributed by atoms with Crippen LogP contribution >= 0.6 is 11.6 Å². The van der Waals surface area contributed by atoms with E-state index >= 15 is 0 Å². The molecule has 0 fully saturated rings. The maximum Gasteiger partial charge on any atom is 0.251 e. The van der Waals surface area contributed by atoms with Crippen LogP contribution in [0.3, 0.4) is 0 Å². The van der Waals surface area contributed by atoms with Crippen molar-refractivity contribution in [1.82, 2.24) is 10.2 Å². The number of amides is 2. The summed E-state index contributed by atoms with van der Waals surface area (Å²) in [4.78, 5) is 24.8. The van der Waals surface area contributed by atoms with Gasteiger partial charge in [-0.05, 0) is 24.3 Å². The van der Waals surface area contributed by atoms with Crippen molar-refractivity contribution in [2.75, 3.05) is 32.8 Å². The van der Waals surface area contributed by atoms with Crippen molar-refractivity contribution >= 4 is 23.4 Å². The smallest absolute Gasteiger partial charge is 0.251 e. The van der Waals surface area contributed by atoms with E-state index in [1.54, 1.807) is 24.3 Å². The Labute approximate surface area is 122 Å². The van der Waals surface area contributed by atoms with Crippen LogP contribution in [-0.4, -0.2) is 59.8 Å². The van der Waals surface area contributed by atoms with Crippen molar-refractivity contribution < 1.29 is 19.8 Å². The van der Waals surface area contributed by atoms with Crippen LogP contribution in [0.5, 0.6) is 0 Å². The average molecular weight is 301 g/mol. The zero-order valence-corrected chi connectivity index (χ0v) is 11.6. The van der Waals surface area contributed by atoms with Gasteiger partial charge in [-0.1, -0.05) is 11.6 Å². The third-order valence-corrected chi connectivity index (χ3v) is 2.85. The third-order valence-electron chi connectivity index (χ3n) is 2.60. The van der Waals surface area contributed by atoms with Gasteiger partial charge in [0, 0.05) is 23.7 Å². The van der Waals surface area contributed by atoms with Crippen LogP contribution < -0.4 is 5.32 Å². The summed E-state index contributed by atoms with van der Waals surface area (Å²) in [6, 6.07) is 6.28. The zero-order valence-electron chi connectivity index (χ0n) is 10.9. The predicted octanol–water partition coefficient (Wildman–Crippen LogP) is -0.117. The Morgan fingerprint density at radius 1 is 1.10 bits per heavy atom. The summed E-state index contributed by atoms with van der Waals surface area (Å²) >= 11 is 5.72. The Balaban J connectivity index is 2.50. The van der Waals surface area contributed by atoms with Crippen molar-refractivity contribution in [2.45, 2.75) is 0 Å². The molecule has 0 aliphatic carbocycles. The summed E-state index contributed by atoms with van der Waals surface area (Å²) in [5.41, 5.74) is 0.401. The van der Waals surface area contributed by atoms with Gasteiger partial charge in [0.05, 0.1) is 19.8 Å². The summed E-state index contributed by atoms with van der Waals surface area (Å²) in [6.07, 6.45) is 0. The minimum absolute atomic E-state index is 0.121. The number of nitrogens with zero attached hydrogens (tertiary/aromatic N) is 1. The minimum atomic E-state index is -0.386. The first-order valence-corrected chi connectivity index (χ1v) is 6.49. The number of hydrogen-bond acceptors (Lipinski definition) is 4. The van der Waals surface area contributed by atoms with E-state index in [0.717, 1.165) is 0 Å². The molecular weight excluding hydrogens is 284 g/mol. The van der Waals surface area contributed by atoms with Crippen molar-refractivity contribution in [2.24, 2.45) is 0 Å². The maximum atomic E-state index is 11.8. The van der Waals surface area contributed by atoms with Gasteiger partial charge in [-0.25, -0.2) is 0 Å². The summed E-state index contributed by atoms with van der Waals surface area (Å²) in [6.45, 7) is -0.346. The molecule has 0 heterocycles. The van der Waals surface area contributed by atoms with E-state index in [-0.39, 0.29) is 44.7 Å². The second-order valence-corrected chi connectivity index (χ2v) is 4.45. The lowest BCUT2D eigenvalue weighted by molar-refractivity contribution is -0.131. The predicted molar refractivity (Wildman–Crippen MR) is 74.5 cm³/mol. The van der Waals surface area contributed by atoms with Crippen LogP contribution in [-0.2, 0) is 4.79 Å². The summed E-state index contributed by atoms with van der Waals surface area (Å²) in [7, 11) is 0. The Morgan fingerprint density at radius 2 is 1.65 bits per heavy atom. The molecule has 0 aromatic heterocycles. The van der Waals surface area contributed by atoms with Gasteiger partial charge in [-0.2, -0.15) is 0 Å². The molecule has 6 nitrogen and oxygen atoms in total. The topological polar surface area (TPSA) is 89.9 Å². The highest BCUT2D eigenvalue weighted by atomic mass is 35.5. The molecule has 1 aromatic carbocycles. The van der Waals surface area contributed by atoms with Gasteiger partial charge < -0.3 is 20.4 Å². The van der Waals surface area contributed by atoms with E-state index in [1.807, 2.05) is 0 Å². The van der Waals surface area contributed by atoms with E-state index < -0.39 is 0 Å². The average Bonchev–Trinajstić information content (AvgIpc) is 2.45. The number of hydrogen-bond donors (Lipinski definition) is 3. The molecule has 0 spiro atoms. The molecule has 0 aliphatic heterocycles. The van der Waals surface area contributed by atoms with Gasteiger partial charge in [0.25, 0.3) is 5.91 Å². The molecule has 0 atom stereocenters. The van der Waals surface area contributed by atoms with Gasteiger partial charge >= 0.3 is 0 Å². The number of nitrogens with one attached hydrogen (secondary N) is 1. The van der Waals surface area contributed by atoms with E-state index in [9.17, 15) is 9.59 Å². The van der Waals surface area contributed by atoms with E-state index in [0.29, 0.717) is 10.6 Å². The lowest BCUT2D eigenvalue weighted by Gasteiger charge is -2.20. The highest BCUT2D eigenvalue weighted by molar-refractivity contribution is 6.30. The van der Waals surface area contributed by atoms with E-state index in [4.69, 9.17) is 21.8 Å². The van der Waals surface area contributed by atoms with Crippen molar-refractivity contribution in [3.05, 3.63) is 34.9 Å². The second kappa shape index (κ2) is 8.52. The van der Waals surface area contributed by atoms with Gasteiger partial charge in [-0.15, -0.1) is 0 Å². The fourth-order valence-corrected chi connectivity index (χ4v) is 1.70. The standard InChI is InChI=1S/C13H17ClN2O4/c14-11-3-1-10(2-4-11)13(20)15-9-12(19)16(5-7-17)6-8-18/h1-4,17-18H,5-9H2,(H,15,20). The number of halogens is 1. The molecule has 0 saturated heterocycles. The number of aliphatic hydroxyl groups is 2. The molecule has 2 amide bonds. The van der Waals surface area contributed by atoms with Crippen LogP contribution in [0.4, 0.5) is 0 Å². The molecule has 0 unspecified atom stereocenters. The Bertz CT molecular complexity index is 444. The maximum absolute atomic E-state index is 11.8. The summed E-state index contributed by atoms with van der Waals surface area (Å²) < 4.78 is 0. The highest BCUT2D eigenvalue weighted by Crippen LogP contribution is 2.09. The first-order valence-electron chi connectivity index (χ1n) is 6.11. The SMILES string of the molecule is O=C(NCC(=O)N(CCO)CCO)c1ccc(Cl)cc1. The Kier molecular flexibility index (Phi) is 7.00. The summed E-state index contributed by atoms with van der Waals surface area (Å²) in [5, 5.41) is 20.6. The fraction of sp³-hybridized carbons (Fsp3) is 0.385. The van der Waals surface area contributed by atoms with Crippen LogP contribution in [0.1, 0.15) is 10.4 Å². The van der Waals surface area contributed by atoms with Gasteiger partial charge in [0.2, 0.25) is 5.91 Å².